The summed E-state index contributed by atoms with van der Waals surface area (Å²) in [5.74, 6) is 0.712. The molecule has 0 spiro atoms. The van der Waals surface area contributed by atoms with Crippen LogP contribution in [-0.2, 0) is 27.2 Å². The highest BCUT2D eigenvalue weighted by molar-refractivity contribution is 6.31. The largest absolute Gasteiger partial charge is 0.491 e. The van der Waals surface area contributed by atoms with Crippen LogP contribution in [0.25, 0.3) is 22.2 Å². The number of aromatic nitrogens is 3. The summed E-state index contributed by atoms with van der Waals surface area (Å²) in [6.07, 6.45) is 11.9. The van der Waals surface area contributed by atoms with Gasteiger partial charge >= 0.3 is 0 Å². The maximum Gasteiger partial charge on any atom is 0.241 e. The van der Waals surface area contributed by atoms with Crippen LogP contribution in [0.5, 0.6) is 5.75 Å². The van der Waals surface area contributed by atoms with Crippen LogP contribution in [-0.4, -0.2) is 108 Å². The summed E-state index contributed by atoms with van der Waals surface area (Å²) in [5, 5.41) is 4.48. The molecule has 2 aliphatic heterocycles. The van der Waals surface area contributed by atoms with Crippen LogP contribution in [0.15, 0.2) is 73.1 Å². The summed E-state index contributed by atoms with van der Waals surface area (Å²) in [5.41, 5.74) is 7.01. The summed E-state index contributed by atoms with van der Waals surface area (Å²) in [7, 11) is 0. The van der Waals surface area contributed by atoms with Crippen LogP contribution in [0.1, 0.15) is 55.7 Å². The Morgan fingerprint density at radius 2 is 1.62 bits per heavy atom. The minimum Gasteiger partial charge on any atom is -0.491 e. The number of fused-ring (bicyclic) bond motifs is 2. The highest BCUT2D eigenvalue weighted by atomic mass is 35.5. The third kappa shape index (κ3) is 10.8. The SMILES string of the molecule is O=C(CCl)N1CCCc2cc(OCCOCCOCCN3CCN(Cc4ccc(-c5cn(C6CCCCC6)c6nc(Nc7cc(F)cc(Cl)c7)ncc56)cc4)CC3)ccc21. The molecule has 1 saturated carbocycles. The number of aryl methyl sites for hydroxylation is 1. The number of hydrogen-bond donors (Lipinski definition) is 1. The fraction of sp³-hybridized carbons (Fsp3) is 0.457. The molecular formula is C46H54Cl2FN7O4. The number of nitrogens with zero attached hydrogens (tertiary/aromatic N) is 6. The Morgan fingerprint density at radius 1 is 0.850 bits per heavy atom. The number of hydrogen-bond acceptors (Lipinski definition) is 9. The number of ether oxygens (including phenoxy) is 3. The van der Waals surface area contributed by atoms with Gasteiger partial charge < -0.3 is 29.0 Å². The van der Waals surface area contributed by atoms with E-state index >= 15 is 0 Å². The van der Waals surface area contributed by atoms with Crippen LogP contribution in [0, 0.1) is 5.82 Å². The molecule has 2 fully saturated rings. The maximum atomic E-state index is 14.0. The zero-order valence-corrected chi connectivity index (χ0v) is 35.6. The van der Waals surface area contributed by atoms with E-state index in [-0.39, 0.29) is 11.8 Å². The minimum absolute atomic E-state index is 0.0110. The molecule has 1 saturated heterocycles. The number of anilines is 3. The highest BCUT2D eigenvalue weighted by Crippen LogP contribution is 2.37. The monoisotopic (exact) mass is 857 g/mol. The number of carbonyl (C=O) groups is 1. The lowest BCUT2D eigenvalue weighted by molar-refractivity contribution is -0.116. The minimum atomic E-state index is -0.412. The summed E-state index contributed by atoms with van der Waals surface area (Å²) >= 11 is 11.9. The lowest BCUT2D eigenvalue weighted by Crippen LogP contribution is -2.46. The van der Waals surface area contributed by atoms with Crippen molar-refractivity contribution >= 4 is 57.5 Å². The maximum absolute atomic E-state index is 14.0. The van der Waals surface area contributed by atoms with Crippen molar-refractivity contribution in [1.82, 2.24) is 24.3 Å². The van der Waals surface area contributed by atoms with Crippen LogP contribution in [0.2, 0.25) is 5.02 Å². The van der Waals surface area contributed by atoms with Gasteiger partial charge in [0.05, 0.1) is 26.4 Å². The first-order chi connectivity index (χ1) is 29.4. The first kappa shape index (κ1) is 42.4. The van der Waals surface area contributed by atoms with Gasteiger partial charge in [0.1, 0.15) is 29.7 Å². The van der Waals surface area contributed by atoms with Gasteiger partial charge in [0.25, 0.3) is 0 Å². The normalized spacial score (nSPS) is 16.6. The van der Waals surface area contributed by atoms with Gasteiger partial charge in [-0.15, -0.1) is 11.6 Å². The Bertz CT molecular complexity index is 2190. The van der Waals surface area contributed by atoms with Gasteiger partial charge in [0.2, 0.25) is 11.9 Å². The third-order valence-corrected chi connectivity index (χ3v) is 12.2. The molecule has 14 heteroatoms. The molecule has 0 unspecified atom stereocenters. The van der Waals surface area contributed by atoms with E-state index < -0.39 is 5.82 Å². The summed E-state index contributed by atoms with van der Waals surface area (Å²) in [4.78, 5) is 28.5. The average Bonchev–Trinajstić information content (AvgIpc) is 3.65. The van der Waals surface area contributed by atoms with Crippen molar-refractivity contribution in [2.75, 3.05) is 88.4 Å². The van der Waals surface area contributed by atoms with E-state index in [4.69, 9.17) is 42.4 Å². The number of carbonyl (C=O) groups excluding carboxylic acids is 1. The molecule has 0 radical (unpaired) electrons. The third-order valence-electron chi connectivity index (χ3n) is 11.8. The number of halogens is 3. The van der Waals surface area contributed by atoms with E-state index in [1.165, 1.54) is 37.0 Å². The molecule has 1 amide bonds. The number of rotatable bonds is 17. The van der Waals surface area contributed by atoms with Crippen molar-refractivity contribution in [1.29, 1.82) is 0 Å². The van der Waals surface area contributed by atoms with Gasteiger partial charge in [0, 0.05) is 91.6 Å². The Kier molecular flexibility index (Phi) is 14.5. The molecule has 1 N–H and O–H groups in total. The number of piperazine rings is 1. The molecular weight excluding hydrogens is 804 g/mol. The van der Waals surface area contributed by atoms with E-state index in [0.717, 1.165) is 104 Å². The molecule has 60 heavy (non-hydrogen) atoms. The standard InChI is InChI=1S/C46H54Cl2FN7O4/c47-29-44(57)55-14-4-5-35-25-40(12-13-43(35)55)60-24-23-59-22-21-58-20-19-53-15-17-54(18-16-53)31-33-8-10-34(11-9-33)42-32-56(39-6-2-1-3-7-39)45-41(42)30-50-46(52-45)51-38-27-36(48)26-37(49)28-38/h8-13,25-28,30,32,39H,1-7,14-24,29,31H2,(H,50,51,52). The molecule has 0 atom stereocenters. The van der Waals surface area contributed by atoms with Crippen molar-refractivity contribution in [3.8, 4) is 16.9 Å². The van der Waals surface area contributed by atoms with Crippen LogP contribution >= 0.6 is 23.2 Å². The molecule has 5 aromatic rings. The summed E-state index contributed by atoms with van der Waals surface area (Å²) in [6.45, 7) is 9.30. The topological polar surface area (TPSA) is 97.2 Å². The zero-order valence-electron chi connectivity index (χ0n) is 34.1. The van der Waals surface area contributed by atoms with Gasteiger partial charge in [-0.25, -0.2) is 9.37 Å². The average molecular weight is 859 g/mol. The quantitative estimate of drug-likeness (QED) is 0.0727. The van der Waals surface area contributed by atoms with Crippen molar-refractivity contribution in [2.24, 2.45) is 0 Å². The first-order valence-electron chi connectivity index (χ1n) is 21.3. The van der Waals surface area contributed by atoms with Crippen molar-refractivity contribution in [3.05, 3.63) is 95.0 Å². The number of amides is 1. The lowest BCUT2D eigenvalue weighted by Gasteiger charge is -2.34. The van der Waals surface area contributed by atoms with Gasteiger partial charge in [-0.2, -0.15) is 4.98 Å². The van der Waals surface area contributed by atoms with E-state index in [9.17, 15) is 9.18 Å². The second-order valence-electron chi connectivity index (χ2n) is 15.9. The second-order valence-corrected chi connectivity index (χ2v) is 16.6. The zero-order chi connectivity index (χ0) is 41.3. The Balaban J connectivity index is 0.753. The van der Waals surface area contributed by atoms with Gasteiger partial charge in [-0.1, -0.05) is 55.1 Å². The molecule has 4 heterocycles. The van der Waals surface area contributed by atoms with Gasteiger partial charge in [-0.05, 0) is 78.8 Å². The van der Waals surface area contributed by atoms with Crippen molar-refractivity contribution in [3.63, 3.8) is 0 Å². The number of alkyl halides is 1. The van der Waals surface area contributed by atoms with Gasteiger partial charge in [0.15, 0.2) is 0 Å². The molecule has 318 valence electrons. The molecule has 0 bridgehead atoms. The Morgan fingerprint density at radius 3 is 2.40 bits per heavy atom. The molecule has 2 aromatic heterocycles. The van der Waals surface area contributed by atoms with Crippen molar-refractivity contribution < 1.29 is 23.4 Å². The summed E-state index contributed by atoms with van der Waals surface area (Å²) < 4.78 is 33.9. The molecule has 1 aliphatic carbocycles. The lowest BCUT2D eigenvalue weighted by atomic mass is 9.95. The van der Waals surface area contributed by atoms with E-state index in [0.29, 0.717) is 62.3 Å². The second kappa shape index (κ2) is 20.5. The predicted molar refractivity (Wildman–Crippen MR) is 236 cm³/mol. The van der Waals surface area contributed by atoms with E-state index in [1.807, 2.05) is 24.4 Å². The highest BCUT2D eigenvalue weighted by Gasteiger charge is 2.24. The Labute approximate surface area is 361 Å². The number of benzene rings is 3. The van der Waals surface area contributed by atoms with Crippen LogP contribution < -0.4 is 15.0 Å². The Hall–Kier alpha value is -4.30. The first-order valence-corrected chi connectivity index (χ1v) is 22.2. The predicted octanol–water partition coefficient (Wildman–Crippen LogP) is 8.89. The fourth-order valence-electron chi connectivity index (χ4n) is 8.66. The van der Waals surface area contributed by atoms with E-state index in [2.05, 4.69) is 55.1 Å². The van der Waals surface area contributed by atoms with Gasteiger partial charge in [-0.3, -0.25) is 14.6 Å². The molecule has 11 nitrogen and oxygen atoms in total. The molecule has 8 rings (SSSR count). The van der Waals surface area contributed by atoms with Crippen molar-refractivity contribution in [2.45, 2.75) is 57.5 Å². The summed E-state index contributed by atoms with van der Waals surface area (Å²) in [6, 6.07) is 19.5. The smallest absolute Gasteiger partial charge is 0.241 e. The van der Waals surface area contributed by atoms with Crippen LogP contribution in [0.3, 0.4) is 0 Å². The molecule has 3 aliphatic rings. The van der Waals surface area contributed by atoms with Crippen LogP contribution in [0.4, 0.5) is 21.7 Å². The number of nitrogens with one attached hydrogen (secondary N) is 1. The fourth-order valence-corrected chi connectivity index (χ4v) is 9.03. The van der Waals surface area contributed by atoms with E-state index in [1.54, 1.807) is 11.0 Å². The molecule has 3 aromatic carbocycles.